The van der Waals surface area contributed by atoms with Crippen molar-refractivity contribution < 1.29 is 0 Å². The topological polar surface area (TPSA) is 12.0 Å². The van der Waals surface area contributed by atoms with Gasteiger partial charge in [-0.2, -0.15) is 0 Å². The molecule has 2 atom stereocenters. The van der Waals surface area contributed by atoms with Gasteiger partial charge in [0.15, 0.2) is 0 Å². The normalized spacial score (nSPS) is 23.5. The zero-order valence-electron chi connectivity index (χ0n) is 13.7. The summed E-state index contributed by atoms with van der Waals surface area (Å²) in [5.74, 6) is 0.753. The fourth-order valence-corrected chi connectivity index (χ4v) is 3.86. The Morgan fingerprint density at radius 1 is 1.25 bits per heavy atom. The smallest absolute Gasteiger partial charge is 0.0353 e. The van der Waals surface area contributed by atoms with Crippen LogP contribution >= 0.6 is 0 Å². The minimum absolute atomic E-state index is 0.452. The fraction of sp³-hybridized carbons (Fsp3) is 0.684. The van der Waals surface area contributed by atoms with Crippen LogP contribution < -0.4 is 5.32 Å². The Labute approximate surface area is 125 Å². The van der Waals surface area contributed by atoms with Gasteiger partial charge in [0.05, 0.1) is 0 Å². The molecular weight excluding hydrogens is 242 g/mol. The minimum atomic E-state index is 0.452. The van der Waals surface area contributed by atoms with Crippen LogP contribution in [0.25, 0.3) is 0 Å². The number of aryl methyl sites for hydroxylation is 1. The van der Waals surface area contributed by atoms with Crippen LogP contribution in [-0.2, 0) is 6.42 Å². The molecule has 0 amide bonds. The highest BCUT2D eigenvalue weighted by Gasteiger charge is 2.37. The zero-order chi connectivity index (χ0) is 14.6. The molecule has 1 heteroatoms. The zero-order valence-corrected chi connectivity index (χ0v) is 13.7. The average molecular weight is 273 g/mol. The summed E-state index contributed by atoms with van der Waals surface area (Å²) in [6, 6.07) is 9.73. The van der Waals surface area contributed by atoms with Crippen LogP contribution in [0.5, 0.6) is 0 Å². The quantitative estimate of drug-likeness (QED) is 0.785. The highest BCUT2D eigenvalue weighted by molar-refractivity contribution is 5.27. The Kier molecular flexibility index (Phi) is 5.26. The van der Waals surface area contributed by atoms with E-state index >= 15 is 0 Å². The van der Waals surface area contributed by atoms with Gasteiger partial charge in [-0.25, -0.2) is 0 Å². The lowest BCUT2D eigenvalue weighted by atomic mass is 9.64. The van der Waals surface area contributed by atoms with E-state index in [9.17, 15) is 0 Å². The first-order valence-corrected chi connectivity index (χ1v) is 8.40. The first-order valence-electron chi connectivity index (χ1n) is 8.40. The average Bonchev–Trinajstić information content (AvgIpc) is 2.45. The predicted octanol–water partition coefficient (Wildman–Crippen LogP) is 5.12. The van der Waals surface area contributed by atoms with Crippen molar-refractivity contribution in [3.05, 3.63) is 35.4 Å². The van der Waals surface area contributed by atoms with Crippen molar-refractivity contribution >= 4 is 0 Å². The van der Waals surface area contributed by atoms with Gasteiger partial charge < -0.3 is 5.32 Å². The van der Waals surface area contributed by atoms with Gasteiger partial charge in [0.25, 0.3) is 0 Å². The van der Waals surface area contributed by atoms with Crippen LogP contribution in [0.4, 0.5) is 0 Å². The van der Waals surface area contributed by atoms with E-state index in [4.69, 9.17) is 0 Å². The van der Waals surface area contributed by atoms with Crippen LogP contribution in [0, 0.1) is 11.3 Å². The number of hydrogen-bond acceptors (Lipinski definition) is 1. The predicted molar refractivity (Wildman–Crippen MR) is 88.0 cm³/mol. The summed E-state index contributed by atoms with van der Waals surface area (Å²) in [5, 5.41) is 3.78. The molecule has 2 unspecified atom stereocenters. The minimum Gasteiger partial charge on any atom is -0.310 e. The SMILES string of the molecule is CCNC(c1cccc(CC)c1)C1CCCCC1(C)C. The molecule has 0 aromatic heterocycles. The van der Waals surface area contributed by atoms with Crippen LogP contribution in [0.3, 0.4) is 0 Å². The van der Waals surface area contributed by atoms with Gasteiger partial charge in [-0.15, -0.1) is 0 Å². The van der Waals surface area contributed by atoms with Crippen molar-refractivity contribution in [2.24, 2.45) is 11.3 Å². The van der Waals surface area contributed by atoms with E-state index < -0.39 is 0 Å². The molecule has 0 bridgehead atoms. The monoisotopic (exact) mass is 273 g/mol. The van der Waals surface area contributed by atoms with Crippen LogP contribution in [0.15, 0.2) is 24.3 Å². The second-order valence-corrected chi connectivity index (χ2v) is 6.97. The van der Waals surface area contributed by atoms with E-state index in [1.54, 1.807) is 0 Å². The maximum absolute atomic E-state index is 3.78. The van der Waals surface area contributed by atoms with E-state index in [0.29, 0.717) is 11.5 Å². The van der Waals surface area contributed by atoms with Crippen molar-refractivity contribution in [2.75, 3.05) is 6.54 Å². The van der Waals surface area contributed by atoms with Gasteiger partial charge in [0, 0.05) is 6.04 Å². The first kappa shape index (κ1) is 15.6. The number of hydrogen-bond donors (Lipinski definition) is 1. The highest BCUT2D eigenvalue weighted by Crippen LogP contribution is 2.46. The van der Waals surface area contributed by atoms with Gasteiger partial charge in [-0.1, -0.05) is 64.8 Å². The van der Waals surface area contributed by atoms with Crippen molar-refractivity contribution in [1.82, 2.24) is 5.32 Å². The van der Waals surface area contributed by atoms with Crippen molar-refractivity contribution in [3.63, 3.8) is 0 Å². The molecule has 1 aromatic carbocycles. The molecule has 1 saturated carbocycles. The number of rotatable bonds is 5. The Morgan fingerprint density at radius 2 is 2.05 bits per heavy atom. The third-order valence-corrected chi connectivity index (χ3v) is 5.13. The number of nitrogens with one attached hydrogen (secondary N) is 1. The summed E-state index contributed by atoms with van der Waals surface area (Å²) in [6.07, 6.45) is 6.65. The lowest BCUT2D eigenvalue weighted by molar-refractivity contribution is 0.0988. The maximum atomic E-state index is 3.78. The molecule has 1 nitrogen and oxygen atoms in total. The molecule has 1 aliphatic rings. The lowest BCUT2D eigenvalue weighted by Crippen LogP contribution is -2.39. The molecular formula is C19H31N. The molecule has 1 fully saturated rings. The second kappa shape index (κ2) is 6.76. The summed E-state index contributed by atoms with van der Waals surface area (Å²) in [7, 11) is 0. The molecule has 1 N–H and O–H groups in total. The molecule has 20 heavy (non-hydrogen) atoms. The summed E-state index contributed by atoms with van der Waals surface area (Å²) in [6.45, 7) is 10.4. The molecule has 1 aromatic rings. The fourth-order valence-electron chi connectivity index (χ4n) is 3.86. The second-order valence-electron chi connectivity index (χ2n) is 6.97. The molecule has 0 radical (unpaired) electrons. The molecule has 0 spiro atoms. The van der Waals surface area contributed by atoms with Crippen molar-refractivity contribution in [2.45, 2.75) is 65.8 Å². The van der Waals surface area contributed by atoms with Gasteiger partial charge in [0.1, 0.15) is 0 Å². The van der Waals surface area contributed by atoms with Gasteiger partial charge in [-0.05, 0) is 48.3 Å². The Morgan fingerprint density at radius 3 is 2.70 bits per heavy atom. The van der Waals surface area contributed by atoms with Gasteiger partial charge in [-0.3, -0.25) is 0 Å². The van der Waals surface area contributed by atoms with Crippen molar-refractivity contribution in [3.8, 4) is 0 Å². The number of benzene rings is 1. The maximum Gasteiger partial charge on any atom is 0.0353 e. The van der Waals surface area contributed by atoms with Crippen LogP contribution in [-0.4, -0.2) is 6.54 Å². The van der Waals surface area contributed by atoms with Gasteiger partial charge in [0.2, 0.25) is 0 Å². The Hall–Kier alpha value is -0.820. The molecule has 0 heterocycles. The molecule has 0 aliphatic heterocycles. The summed E-state index contributed by atoms with van der Waals surface area (Å²) >= 11 is 0. The van der Waals surface area contributed by atoms with E-state index in [0.717, 1.165) is 18.9 Å². The van der Waals surface area contributed by atoms with E-state index in [-0.39, 0.29) is 0 Å². The molecule has 2 rings (SSSR count). The third-order valence-electron chi connectivity index (χ3n) is 5.13. The summed E-state index contributed by atoms with van der Waals surface area (Å²) in [5.41, 5.74) is 3.40. The summed E-state index contributed by atoms with van der Waals surface area (Å²) in [4.78, 5) is 0. The van der Waals surface area contributed by atoms with Crippen LogP contribution in [0.1, 0.15) is 70.5 Å². The lowest BCUT2D eigenvalue weighted by Gasteiger charge is -2.44. The molecule has 0 saturated heterocycles. The molecule has 112 valence electrons. The largest absolute Gasteiger partial charge is 0.310 e. The highest BCUT2D eigenvalue weighted by atomic mass is 14.9. The van der Waals surface area contributed by atoms with Gasteiger partial charge >= 0.3 is 0 Å². The van der Waals surface area contributed by atoms with E-state index in [1.807, 2.05) is 0 Å². The standard InChI is InChI=1S/C19H31N/c1-5-15-10-9-11-16(14-15)18(20-6-2)17-12-7-8-13-19(17,3)4/h9-11,14,17-18,20H,5-8,12-13H2,1-4H3. The van der Waals surface area contributed by atoms with Crippen molar-refractivity contribution in [1.29, 1.82) is 0 Å². The van der Waals surface area contributed by atoms with E-state index in [1.165, 1.54) is 36.8 Å². The Balaban J connectivity index is 2.29. The Bertz CT molecular complexity index is 422. The molecule has 1 aliphatic carbocycles. The van der Waals surface area contributed by atoms with E-state index in [2.05, 4.69) is 57.3 Å². The first-order chi connectivity index (χ1) is 9.58. The summed E-state index contributed by atoms with van der Waals surface area (Å²) < 4.78 is 0. The third kappa shape index (κ3) is 3.44. The van der Waals surface area contributed by atoms with Crippen LogP contribution in [0.2, 0.25) is 0 Å².